The molecule has 7 nitrogen and oxygen atoms in total. The number of hydrogen-bond donors (Lipinski definition) is 1. The fourth-order valence-electron chi connectivity index (χ4n) is 3.47. The molecule has 0 unspecified atom stereocenters. The largest absolute Gasteiger partial charge is 0.463 e. The zero-order valence-corrected chi connectivity index (χ0v) is 20.0. The van der Waals surface area contributed by atoms with E-state index in [1.807, 2.05) is 74.6 Å². The van der Waals surface area contributed by atoms with Gasteiger partial charge in [0.2, 0.25) is 5.95 Å². The van der Waals surface area contributed by atoms with Crippen LogP contribution in [0.3, 0.4) is 0 Å². The van der Waals surface area contributed by atoms with Crippen molar-refractivity contribution in [3.8, 4) is 11.1 Å². The maximum absolute atomic E-state index is 11.7. The minimum absolute atomic E-state index is 0.354. The number of nitrogens with one attached hydrogen (secondary N) is 1. The minimum atomic E-state index is -0.355. The predicted octanol–water partition coefficient (Wildman–Crippen LogP) is 5.33. The molecule has 1 aromatic heterocycles. The lowest BCUT2D eigenvalue weighted by atomic mass is 10.0. The Morgan fingerprint density at radius 1 is 1.12 bits per heavy atom. The van der Waals surface area contributed by atoms with Crippen molar-refractivity contribution in [1.82, 2.24) is 9.97 Å². The highest BCUT2D eigenvalue weighted by molar-refractivity contribution is 5.87. The van der Waals surface area contributed by atoms with Gasteiger partial charge in [0.05, 0.1) is 19.8 Å². The van der Waals surface area contributed by atoms with E-state index in [1.54, 1.807) is 13.0 Å². The van der Waals surface area contributed by atoms with Crippen molar-refractivity contribution in [2.75, 3.05) is 43.1 Å². The average molecular weight is 461 g/mol. The highest BCUT2D eigenvalue weighted by atomic mass is 16.5. The van der Waals surface area contributed by atoms with E-state index in [9.17, 15) is 4.79 Å². The molecule has 0 amide bonds. The van der Waals surface area contributed by atoms with Crippen LogP contribution in [0, 0.1) is 0 Å². The topological polar surface area (TPSA) is 76.6 Å². The van der Waals surface area contributed by atoms with E-state index in [2.05, 4.69) is 15.2 Å². The number of morpholine rings is 1. The highest BCUT2D eigenvalue weighted by Gasteiger charge is 2.19. The summed E-state index contributed by atoms with van der Waals surface area (Å²) in [6, 6.07) is 17.8. The van der Waals surface area contributed by atoms with E-state index in [0.29, 0.717) is 25.8 Å². The van der Waals surface area contributed by atoms with Gasteiger partial charge in [0.25, 0.3) is 0 Å². The molecule has 7 heteroatoms. The van der Waals surface area contributed by atoms with E-state index in [0.717, 1.165) is 41.3 Å². The second-order valence-corrected chi connectivity index (χ2v) is 7.23. The number of esters is 1. The fraction of sp³-hybridized carbons (Fsp3) is 0.296. The van der Waals surface area contributed by atoms with Gasteiger partial charge in [-0.2, -0.15) is 4.98 Å². The summed E-state index contributed by atoms with van der Waals surface area (Å²) < 4.78 is 10.5. The van der Waals surface area contributed by atoms with Gasteiger partial charge in [-0.05, 0) is 42.3 Å². The molecule has 2 heterocycles. The molecule has 1 aliphatic heterocycles. The van der Waals surface area contributed by atoms with Crippen LogP contribution in [-0.4, -0.2) is 48.8 Å². The van der Waals surface area contributed by atoms with Crippen LogP contribution in [0.2, 0.25) is 0 Å². The number of aromatic nitrogens is 2. The molecule has 0 aliphatic carbocycles. The maximum Gasteiger partial charge on any atom is 0.330 e. The molecule has 1 saturated heterocycles. The van der Waals surface area contributed by atoms with Crippen LogP contribution in [0.25, 0.3) is 17.2 Å². The van der Waals surface area contributed by atoms with Crippen molar-refractivity contribution in [1.29, 1.82) is 0 Å². The van der Waals surface area contributed by atoms with E-state index >= 15 is 0 Å². The second-order valence-electron chi connectivity index (χ2n) is 7.23. The average Bonchev–Trinajstić information content (AvgIpc) is 2.90. The third-order valence-electron chi connectivity index (χ3n) is 5.01. The standard InChI is InChI=1S/C25H26N4O3.C2H6/c1-2-32-23(30)12-11-19-7-6-8-20(17-19)22-18-26-25(27-21-9-4-3-5-10-21)28-24(22)29-13-15-31-16-14-29;1-2/h3-12,17-18H,2,13-16H2,1H3,(H,26,27,28);1-2H3/b12-11+;. The van der Waals surface area contributed by atoms with Crippen LogP contribution in [0.15, 0.2) is 66.9 Å². The second kappa shape index (κ2) is 13.1. The maximum atomic E-state index is 11.7. The summed E-state index contributed by atoms with van der Waals surface area (Å²) in [6.07, 6.45) is 5.04. The molecule has 0 radical (unpaired) electrons. The third kappa shape index (κ3) is 6.89. The van der Waals surface area contributed by atoms with Crippen molar-refractivity contribution in [2.45, 2.75) is 20.8 Å². The smallest absolute Gasteiger partial charge is 0.330 e. The van der Waals surface area contributed by atoms with Gasteiger partial charge in [0, 0.05) is 36.6 Å². The molecule has 178 valence electrons. The summed E-state index contributed by atoms with van der Waals surface area (Å²) in [4.78, 5) is 23.3. The number of ether oxygens (including phenoxy) is 2. The predicted molar refractivity (Wildman–Crippen MR) is 137 cm³/mol. The van der Waals surface area contributed by atoms with Crippen LogP contribution in [0.4, 0.5) is 17.5 Å². The van der Waals surface area contributed by atoms with Crippen molar-refractivity contribution in [2.24, 2.45) is 0 Å². The number of nitrogens with zero attached hydrogens (tertiary/aromatic N) is 3. The van der Waals surface area contributed by atoms with Crippen molar-refractivity contribution >= 4 is 29.5 Å². The summed E-state index contributed by atoms with van der Waals surface area (Å²) in [7, 11) is 0. The number of hydrogen-bond acceptors (Lipinski definition) is 7. The summed E-state index contributed by atoms with van der Waals surface area (Å²) >= 11 is 0. The third-order valence-corrected chi connectivity index (χ3v) is 5.01. The van der Waals surface area contributed by atoms with Gasteiger partial charge in [0.1, 0.15) is 5.82 Å². The first-order valence-corrected chi connectivity index (χ1v) is 11.7. The van der Waals surface area contributed by atoms with Crippen molar-refractivity contribution < 1.29 is 14.3 Å². The molecule has 4 rings (SSSR count). The summed E-state index contributed by atoms with van der Waals surface area (Å²) in [5, 5.41) is 3.28. The van der Waals surface area contributed by atoms with Crippen LogP contribution in [0.1, 0.15) is 26.3 Å². The molecular formula is C27H32N4O3. The van der Waals surface area contributed by atoms with E-state index in [4.69, 9.17) is 14.5 Å². The number of benzene rings is 2. The van der Waals surface area contributed by atoms with E-state index in [-0.39, 0.29) is 5.97 Å². The zero-order valence-electron chi connectivity index (χ0n) is 20.0. The molecule has 0 bridgehead atoms. The lowest BCUT2D eigenvalue weighted by molar-refractivity contribution is -0.137. The van der Waals surface area contributed by atoms with Gasteiger partial charge in [-0.3, -0.25) is 0 Å². The van der Waals surface area contributed by atoms with E-state index in [1.165, 1.54) is 6.08 Å². The van der Waals surface area contributed by atoms with Gasteiger partial charge in [0.15, 0.2) is 0 Å². The molecule has 0 saturated carbocycles. The number of rotatable bonds is 7. The Bertz CT molecular complexity index is 1080. The lowest BCUT2D eigenvalue weighted by Crippen LogP contribution is -2.37. The number of carbonyl (C=O) groups excluding carboxylic acids is 1. The Balaban J connectivity index is 0.00000158. The van der Waals surface area contributed by atoms with Crippen molar-refractivity contribution in [3.63, 3.8) is 0 Å². The number of anilines is 3. The van der Waals surface area contributed by atoms with E-state index < -0.39 is 0 Å². The Labute approximate surface area is 201 Å². The summed E-state index contributed by atoms with van der Waals surface area (Å²) in [5.74, 6) is 1.04. The molecular weight excluding hydrogens is 428 g/mol. The first-order valence-electron chi connectivity index (χ1n) is 11.7. The summed E-state index contributed by atoms with van der Waals surface area (Å²) in [5.41, 5.74) is 3.73. The Morgan fingerprint density at radius 2 is 1.88 bits per heavy atom. The van der Waals surface area contributed by atoms with Crippen LogP contribution in [-0.2, 0) is 14.3 Å². The SMILES string of the molecule is CC.CCOC(=O)/C=C/c1cccc(-c2cnc(Nc3ccccc3)nc2N2CCOCC2)c1. The molecule has 2 aromatic carbocycles. The molecule has 1 N–H and O–H groups in total. The molecule has 0 spiro atoms. The lowest BCUT2D eigenvalue weighted by Gasteiger charge is -2.29. The Kier molecular flexibility index (Phi) is 9.61. The normalized spacial score (nSPS) is 13.2. The molecule has 34 heavy (non-hydrogen) atoms. The first kappa shape index (κ1) is 24.9. The van der Waals surface area contributed by atoms with Gasteiger partial charge in [-0.25, -0.2) is 9.78 Å². The van der Waals surface area contributed by atoms with Crippen LogP contribution < -0.4 is 10.2 Å². The molecule has 1 aliphatic rings. The minimum Gasteiger partial charge on any atom is -0.463 e. The molecule has 3 aromatic rings. The number of para-hydroxylation sites is 1. The summed E-state index contributed by atoms with van der Waals surface area (Å²) in [6.45, 7) is 8.98. The zero-order chi connectivity index (χ0) is 24.2. The van der Waals surface area contributed by atoms with Gasteiger partial charge in [-0.1, -0.05) is 50.2 Å². The van der Waals surface area contributed by atoms with Crippen LogP contribution in [0.5, 0.6) is 0 Å². The van der Waals surface area contributed by atoms with Gasteiger partial charge >= 0.3 is 5.97 Å². The highest BCUT2D eigenvalue weighted by Crippen LogP contribution is 2.31. The Morgan fingerprint density at radius 3 is 2.62 bits per heavy atom. The monoisotopic (exact) mass is 460 g/mol. The van der Waals surface area contributed by atoms with Crippen LogP contribution >= 0.6 is 0 Å². The molecule has 1 fully saturated rings. The number of carbonyl (C=O) groups is 1. The first-order chi connectivity index (χ1) is 16.7. The quantitative estimate of drug-likeness (QED) is 0.377. The van der Waals surface area contributed by atoms with Crippen molar-refractivity contribution in [3.05, 3.63) is 72.4 Å². The molecule has 0 atom stereocenters. The Hall–Kier alpha value is -3.71. The van der Waals surface area contributed by atoms with Gasteiger partial charge in [-0.15, -0.1) is 0 Å². The fourth-order valence-corrected chi connectivity index (χ4v) is 3.47. The van der Waals surface area contributed by atoms with Gasteiger partial charge < -0.3 is 19.7 Å².